The van der Waals surface area contributed by atoms with Crippen LogP contribution in [0.15, 0.2) is 0 Å². The predicted molar refractivity (Wildman–Crippen MR) is 65.6 cm³/mol. The zero-order valence-corrected chi connectivity index (χ0v) is 10.6. The van der Waals surface area contributed by atoms with Crippen LogP contribution in [0.4, 0.5) is 0 Å². The molecule has 1 rings (SSSR count). The second-order valence-electron chi connectivity index (χ2n) is 4.47. The largest absolute Gasteiger partial charge is 0.395 e. The molecule has 1 aliphatic rings. The molecule has 1 heterocycles. The van der Waals surface area contributed by atoms with Crippen LogP contribution < -0.4 is 5.32 Å². The Balaban J connectivity index is 2.35. The Kier molecular flexibility index (Phi) is 6.96. The monoisotopic (exact) mass is 230 g/mol. The Hall–Kier alpha value is -0.160. The van der Waals surface area contributed by atoms with E-state index in [-0.39, 0.29) is 12.6 Å². The van der Waals surface area contributed by atoms with Gasteiger partial charge < -0.3 is 15.2 Å². The van der Waals surface area contributed by atoms with Gasteiger partial charge in [0.05, 0.1) is 19.8 Å². The normalized spacial score (nSPS) is 24.6. The molecule has 2 unspecified atom stereocenters. The van der Waals surface area contributed by atoms with Crippen LogP contribution in [0.5, 0.6) is 0 Å². The van der Waals surface area contributed by atoms with Crippen LogP contribution >= 0.6 is 0 Å². The highest BCUT2D eigenvalue weighted by Gasteiger charge is 2.23. The number of ether oxygens (including phenoxy) is 1. The van der Waals surface area contributed by atoms with Crippen molar-refractivity contribution in [1.82, 2.24) is 10.2 Å². The van der Waals surface area contributed by atoms with Crippen molar-refractivity contribution >= 4 is 0 Å². The number of aliphatic hydroxyl groups is 1. The maximum absolute atomic E-state index is 9.32. The quantitative estimate of drug-likeness (QED) is 0.667. The molecule has 0 radical (unpaired) electrons. The third kappa shape index (κ3) is 4.37. The SMILES string of the molecule is CCCNC(CO)CN1CCOCC1CC. The fourth-order valence-corrected chi connectivity index (χ4v) is 2.12. The average molecular weight is 230 g/mol. The van der Waals surface area contributed by atoms with Crippen LogP contribution in [-0.4, -0.2) is 61.5 Å². The molecule has 1 aliphatic heterocycles. The van der Waals surface area contributed by atoms with Crippen LogP contribution in [0.25, 0.3) is 0 Å². The Morgan fingerprint density at radius 1 is 1.50 bits per heavy atom. The Labute approximate surface area is 99.0 Å². The first-order valence-corrected chi connectivity index (χ1v) is 6.47. The molecular weight excluding hydrogens is 204 g/mol. The standard InChI is InChI=1S/C12H26N2O2/c1-3-5-13-11(9-15)8-14-6-7-16-10-12(14)4-2/h11-13,15H,3-10H2,1-2H3. The van der Waals surface area contributed by atoms with E-state index in [0.29, 0.717) is 6.04 Å². The maximum atomic E-state index is 9.32. The van der Waals surface area contributed by atoms with E-state index in [2.05, 4.69) is 24.1 Å². The summed E-state index contributed by atoms with van der Waals surface area (Å²) in [4.78, 5) is 2.44. The van der Waals surface area contributed by atoms with Crippen LogP contribution in [0.1, 0.15) is 26.7 Å². The van der Waals surface area contributed by atoms with Crippen LogP contribution in [0.2, 0.25) is 0 Å². The van der Waals surface area contributed by atoms with Crippen molar-refractivity contribution in [2.75, 3.05) is 39.5 Å². The molecule has 1 saturated heterocycles. The number of aliphatic hydroxyl groups excluding tert-OH is 1. The molecule has 16 heavy (non-hydrogen) atoms. The van der Waals surface area contributed by atoms with E-state index >= 15 is 0 Å². The van der Waals surface area contributed by atoms with Gasteiger partial charge in [0, 0.05) is 25.2 Å². The van der Waals surface area contributed by atoms with Crippen molar-refractivity contribution in [3.05, 3.63) is 0 Å². The van der Waals surface area contributed by atoms with Gasteiger partial charge in [0.2, 0.25) is 0 Å². The molecule has 4 heteroatoms. The van der Waals surface area contributed by atoms with E-state index in [1.54, 1.807) is 0 Å². The number of hydrogen-bond acceptors (Lipinski definition) is 4. The zero-order valence-electron chi connectivity index (χ0n) is 10.6. The van der Waals surface area contributed by atoms with E-state index in [4.69, 9.17) is 4.74 Å². The lowest BCUT2D eigenvalue weighted by molar-refractivity contribution is -0.0152. The van der Waals surface area contributed by atoms with Gasteiger partial charge in [-0.15, -0.1) is 0 Å². The fraction of sp³-hybridized carbons (Fsp3) is 1.00. The number of nitrogens with zero attached hydrogens (tertiary/aromatic N) is 1. The second kappa shape index (κ2) is 8.01. The van der Waals surface area contributed by atoms with Crippen molar-refractivity contribution in [3.8, 4) is 0 Å². The van der Waals surface area contributed by atoms with E-state index in [1.165, 1.54) is 0 Å². The summed E-state index contributed by atoms with van der Waals surface area (Å²) in [6, 6.07) is 0.721. The lowest BCUT2D eigenvalue weighted by Gasteiger charge is -2.37. The highest BCUT2D eigenvalue weighted by Crippen LogP contribution is 2.10. The average Bonchev–Trinajstić information content (AvgIpc) is 2.34. The molecule has 2 N–H and O–H groups in total. The summed E-state index contributed by atoms with van der Waals surface area (Å²) in [6.07, 6.45) is 2.22. The van der Waals surface area contributed by atoms with Crippen molar-refractivity contribution in [2.45, 2.75) is 38.8 Å². The molecule has 1 fully saturated rings. The number of rotatable bonds is 7. The maximum Gasteiger partial charge on any atom is 0.0622 e. The third-order valence-corrected chi connectivity index (χ3v) is 3.18. The van der Waals surface area contributed by atoms with Gasteiger partial charge in [-0.05, 0) is 19.4 Å². The first kappa shape index (κ1) is 13.9. The van der Waals surface area contributed by atoms with Crippen LogP contribution in [-0.2, 0) is 4.74 Å². The lowest BCUT2D eigenvalue weighted by Crippen LogP contribution is -2.52. The molecule has 0 aromatic rings. The van der Waals surface area contributed by atoms with Crippen LogP contribution in [0, 0.1) is 0 Å². The molecule has 2 atom stereocenters. The summed E-state index contributed by atoms with van der Waals surface area (Å²) < 4.78 is 5.48. The Bertz CT molecular complexity index is 178. The molecule has 4 nitrogen and oxygen atoms in total. The van der Waals surface area contributed by atoms with Crippen molar-refractivity contribution < 1.29 is 9.84 Å². The summed E-state index contributed by atoms with van der Waals surface area (Å²) in [5.74, 6) is 0. The minimum absolute atomic E-state index is 0.201. The van der Waals surface area contributed by atoms with Gasteiger partial charge in [-0.1, -0.05) is 13.8 Å². The smallest absolute Gasteiger partial charge is 0.0622 e. The molecular formula is C12H26N2O2. The highest BCUT2D eigenvalue weighted by molar-refractivity contribution is 4.79. The molecule has 0 bridgehead atoms. The van der Waals surface area contributed by atoms with Crippen molar-refractivity contribution in [2.24, 2.45) is 0 Å². The summed E-state index contributed by atoms with van der Waals surface area (Å²) in [5.41, 5.74) is 0. The minimum atomic E-state index is 0.201. The minimum Gasteiger partial charge on any atom is -0.395 e. The molecule has 96 valence electrons. The summed E-state index contributed by atoms with van der Waals surface area (Å²) >= 11 is 0. The van der Waals surface area contributed by atoms with E-state index in [0.717, 1.165) is 45.7 Å². The molecule has 0 aromatic carbocycles. The first-order valence-electron chi connectivity index (χ1n) is 6.47. The van der Waals surface area contributed by atoms with Gasteiger partial charge in [-0.25, -0.2) is 0 Å². The zero-order chi connectivity index (χ0) is 11.8. The predicted octanol–water partition coefficient (Wildman–Crippen LogP) is 0.458. The first-order chi connectivity index (χ1) is 7.81. The van der Waals surface area contributed by atoms with Crippen molar-refractivity contribution in [1.29, 1.82) is 0 Å². The molecule has 0 aromatic heterocycles. The summed E-state index contributed by atoms with van der Waals surface area (Å²) in [6.45, 7) is 9.11. The fourth-order valence-electron chi connectivity index (χ4n) is 2.12. The second-order valence-corrected chi connectivity index (χ2v) is 4.47. The molecule has 0 amide bonds. The Morgan fingerprint density at radius 3 is 2.94 bits per heavy atom. The van der Waals surface area contributed by atoms with Crippen LogP contribution in [0.3, 0.4) is 0 Å². The lowest BCUT2D eigenvalue weighted by atomic mass is 10.1. The number of hydrogen-bond donors (Lipinski definition) is 2. The van der Waals surface area contributed by atoms with E-state index < -0.39 is 0 Å². The Morgan fingerprint density at radius 2 is 2.31 bits per heavy atom. The number of nitrogens with one attached hydrogen (secondary N) is 1. The van der Waals surface area contributed by atoms with Gasteiger partial charge in [0.25, 0.3) is 0 Å². The molecule has 0 saturated carbocycles. The van der Waals surface area contributed by atoms with Gasteiger partial charge >= 0.3 is 0 Å². The molecule has 0 aliphatic carbocycles. The van der Waals surface area contributed by atoms with E-state index in [9.17, 15) is 5.11 Å². The number of morpholine rings is 1. The highest BCUT2D eigenvalue weighted by atomic mass is 16.5. The van der Waals surface area contributed by atoms with Gasteiger partial charge in [-0.2, -0.15) is 0 Å². The third-order valence-electron chi connectivity index (χ3n) is 3.18. The van der Waals surface area contributed by atoms with E-state index in [1.807, 2.05) is 0 Å². The van der Waals surface area contributed by atoms with Gasteiger partial charge in [0.15, 0.2) is 0 Å². The van der Waals surface area contributed by atoms with Crippen molar-refractivity contribution in [3.63, 3.8) is 0 Å². The summed E-state index contributed by atoms with van der Waals surface area (Å²) in [5, 5.41) is 12.7. The van der Waals surface area contributed by atoms with Gasteiger partial charge in [-0.3, -0.25) is 4.90 Å². The van der Waals surface area contributed by atoms with Gasteiger partial charge in [0.1, 0.15) is 0 Å². The molecule has 0 spiro atoms. The summed E-state index contributed by atoms with van der Waals surface area (Å²) in [7, 11) is 0. The topological polar surface area (TPSA) is 44.7 Å².